The molecule has 1 unspecified atom stereocenters. The number of fused-ring (bicyclic) bond motifs is 1. The fourth-order valence-electron chi connectivity index (χ4n) is 3.57. The Labute approximate surface area is 180 Å². The molecule has 0 aliphatic rings. The molecule has 4 rings (SSSR count). The number of benzene rings is 2. The topological polar surface area (TPSA) is 106 Å². The minimum absolute atomic E-state index is 0.402. The SMILES string of the molecule is CCCCNc1ccc2ncc(-c3ccc(C(O)(C(N)=O)c4ccccc4)cc3)n2n1. The molecule has 0 radical (unpaired) electrons. The molecule has 0 saturated carbocycles. The molecule has 7 heteroatoms. The van der Waals surface area contributed by atoms with E-state index in [1.165, 1.54) is 0 Å². The third-order valence-corrected chi connectivity index (χ3v) is 5.35. The first kappa shape index (κ1) is 20.6. The van der Waals surface area contributed by atoms with Crippen LogP contribution < -0.4 is 11.1 Å². The Kier molecular flexibility index (Phi) is 5.68. The molecule has 0 spiro atoms. The minimum Gasteiger partial charge on any atom is -0.372 e. The summed E-state index contributed by atoms with van der Waals surface area (Å²) < 4.78 is 1.78. The summed E-state index contributed by atoms with van der Waals surface area (Å²) >= 11 is 0. The summed E-state index contributed by atoms with van der Waals surface area (Å²) in [6.45, 7) is 3.01. The van der Waals surface area contributed by atoms with Gasteiger partial charge < -0.3 is 16.2 Å². The number of anilines is 1. The van der Waals surface area contributed by atoms with Gasteiger partial charge in [-0.2, -0.15) is 0 Å². The third kappa shape index (κ3) is 3.87. The van der Waals surface area contributed by atoms with E-state index in [2.05, 4.69) is 22.3 Å². The molecule has 31 heavy (non-hydrogen) atoms. The molecule has 0 fully saturated rings. The number of rotatable bonds is 8. The van der Waals surface area contributed by atoms with E-state index in [9.17, 15) is 9.90 Å². The van der Waals surface area contributed by atoms with Crippen molar-refractivity contribution in [2.45, 2.75) is 25.4 Å². The van der Waals surface area contributed by atoms with Gasteiger partial charge in [-0.25, -0.2) is 9.50 Å². The van der Waals surface area contributed by atoms with Crippen LogP contribution in [0.4, 0.5) is 5.82 Å². The number of primary amides is 1. The lowest BCUT2D eigenvalue weighted by molar-refractivity contribution is -0.133. The molecule has 7 nitrogen and oxygen atoms in total. The number of nitrogens with zero attached hydrogens (tertiary/aromatic N) is 3. The highest BCUT2D eigenvalue weighted by Gasteiger charge is 2.38. The third-order valence-electron chi connectivity index (χ3n) is 5.35. The summed E-state index contributed by atoms with van der Waals surface area (Å²) in [5.74, 6) is -0.0466. The van der Waals surface area contributed by atoms with E-state index in [4.69, 9.17) is 5.73 Å². The quantitative estimate of drug-likeness (QED) is 0.383. The van der Waals surface area contributed by atoms with Crippen molar-refractivity contribution in [2.75, 3.05) is 11.9 Å². The van der Waals surface area contributed by atoms with Crippen molar-refractivity contribution < 1.29 is 9.90 Å². The summed E-state index contributed by atoms with van der Waals surface area (Å²) in [4.78, 5) is 16.6. The van der Waals surface area contributed by atoms with Crippen molar-refractivity contribution in [1.82, 2.24) is 14.6 Å². The Morgan fingerprint density at radius 2 is 1.77 bits per heavy atom. The highest BCUT2D eigenvalue weighted by Crippen LogP contribution is 2.31. The molecule has 2 heterocycles. The second kappa shape index (κ2) is 8.57. The number of nitrogens with one attached hydrogen (secondary N) is 1. The van der Waals surface area contributed by atoms with Crippen molar-refractivity contribution in [3.05, 3.63) is 84.1 Å². The molecule has 4 aromatic rings. The first-order valence-corrected chi connectivity index (χ1v) is 10.3. The Hall–Kier alpha value is -3.71. The molecule has 0 saturated heterocycles. The van der Waals surface area contributed by atoms with Gasteiger partial charge in [0.1, 0.15) is 5.82 Å². The Balaban J connectivity index is 1.68. The lowest BCUT2D eigenvalue weighted by Crippen LogP contribution is -2.42. The predicted octanol–water partition coefficient (Wildman–Crippen LogP) is 3.33. The van der Waals surface area contributed by atoms with E-state index < -0.39 is 11.5 Å². The molecule has 0 aliphatic carbocycles. The van der Waals surface area contributed by atoms with E-state index in [0.717, 1.165) is 42.1 Å². The fraction of sp³-hybridized carbons (Fsp3) is 0.208. The average molecular weight is 415 g/mol. The van der Waals surface area contributed by atoms with Crippen LogP contribution in [0.5, 0.6) is 0 Å². The Morgan fingerprint density at radius 3 is 2.45 bits per heavy atom. The molecule has 0 bridgehead atoms. The van der Waals surface area contributed by atoms with Gasteiger partial charge in [0.05, 0.1) is 11.9 Å². The summed E-state index contributed by atoms with van der Waals surface area (Å²) in [5, 5.41) is 19.1. The largest absolute Gasteiger partial charge is 0.372 e. The van der Waals surface area contributed by atoms with Gasteiger partial charge in [-0.1, -0.05) is 67.9 Å². The van der Waals surface area contributed by atoms with Crippen LogP contribution in [0.3, 0.4) is 0 Å². The van der Waals surface area contributed by atoms with Crippen molar-refractivity contribution in [1.29, 1.82) is 0 Å². The van der Waals surface area contributed by atoms with Gasteiger partial charge in [-0.05, 0) is 29.7 Å². The number of nitrogens with two attached hydrogens (primary N) is 1. The Bertz CT molecular complexity index is 1190. The summed E-state index contributed by atoms with van der Waals surface area (Å²) in [5.41, 5.74) is 6.91. The molecule has 0 aliphatic heterocycles. The van der Waals surface area contributed by atoms with Crippen LogP contribution in [-0.2, 0) is 10.4 Å². The first-order chi connectivity index (χ1) is 15.0. The zero-order chi connectivity index (χ0) is 21.8. The van der Waals surface area contributed by atoms with E-state index in [1.807, 2.05) is 30.3 Å². The van der Waals surface area contributed by atoms with Gasteiger partial charge in [0.15, 0.2) is 11.2 Å². The van der Waals surface area contributed by atoms with Crippen LogP contribution in [0.15, 0.2) is 72.9 Å². The number of amides is 1. The summed E-state index contributed by atoms with van der Waals surface area (Å²) in [7, 11) is 0. The molecular weight excluding hydrogens is 390 g/mol. The maximum Gasteiger partial charge on any atom is 0.258 e. The lowest BCUT2D eigenvalue weighted by atomic mass is 9.85. The molecular formula is C24H25N5O2. The van der Waals surface area contributed by atoms with E-state index in [-0.39, 0.29) is 0 Å². The molecule has 4 N–H and O–H groups in total. The number of hydrogen-bond donors (Lipinski definition) is 3. The average Bonchev–Trinajstić information content (AvgIpc) is 3.22. The Morgan fingerprint density at radius 1 is 1.06 bits per heavy atom. The van der Waals surface area contributed by atoms with Crippen molar-refractivity contribution in [2.24, 2.45) is 5.73 Å². The molecule has 2 aromatic carbocycles. The highest BCUT2D eigenvalue weighted by molar-refractivity contribution is 5.88. The second-order valence-electron chi connectivity index (χ2n) is 7.43. The number of aliphatic hydroxyl groups is 1. The fourth-order valence-corrected chi connectivity index (χ4v) is 3.57. The number of aromatic nitrogens is 3. The van der Waals surface area contributed by atoms with Crippen molar-refractivity contribution in [3.63, 3.8) is 0 Å². The number of imidazole rings is 1. The monoisotopic (exact) mass is 415 g/mol. The van der Waals surface area contributed by atoms with Crippen molar-refractivity contribution in [3.8, 4) is 11.3 Å². The smallest absolute Gasteiger partial charge is 0.258 e. The van der Waals surface area contributed by atoms with Crippen LogP contribution >= 0.6 is 0 Å². The van der Waals surface area contributed by atoms with Crippen LogP contribution in [-0.4, -0.2) is 32.2 Å². The van der Waals surface area contributed by atoms with Gasteiger partial charge in [-0.15, -0.1) is 5.10 Å². The zero-order valence-corrected chi connectivity index (χ0v) is 17.3. The van der Waals surface area contributed by atoms with Crippen LogP contribution in [0, 0.1) is 0 Å². The van der Waals surface area contributed by atoms with Crippen LogP contribution in [0.2, 0.25) is 0 Å². The van der Waals surface area contributed by atoms with E-state index in [1.54, 1.807) is 47.1 Å². The number of carbonyl (C=O) groups is 1. The maximum absolute atomic E-state index is 12.2. The number of unbranched alkanes of at least 4 members (excludes halogenated alkanes) is 1. The highest BCUT2D eigenvalue weighted by atomic mass is 16.3. The first-order valence-electron chi connectivity index (χ1n) is 10.3. The van der Waals surface area contributed by atoms with E-state index >= 15 is 0 Å². The van der Waals surface area contributed by atoms with Gasteiger partial charge in [0.25, 0.3) is 5.91 Å². The van der Waals surface area contributed by atoms with Crippen LogP contribution in [0.1, 0.15) is 30.9 Å². The van der Waals surface area contributed by atoms with Gasteiger partial charge in [0, 0.05) is 12.1 Å². The maximum atomic E-state index is 12.2. The minimum atomic E-state index is -1.91. The number of hydrogen-bond acceptors (Lipinski definition) is 5. The van der Waals surface area contributed by atoms with E-state index in [0.29, 0.717) is 11.1 Å². The molecule has 158 valence electrons. The predicted molar refractivity (Wildman–Crippen MR) is 120 cm³/mol. The lowest BCUT2D eigenvalue weighted by Gasteiger charge is -2.25. The van der Waals surface area contributed by atoms with Crippen LogP contribution in [0.25, 0.3) is 16.9 Å². The zero-order valence-electron chi connectivity index (χ0n) is 17.3. The summed E-state index contributed by atoms with van der Waals surface area (Å²) in [6.07, 6.45) is 3.94. The molecule has 1 amide bonds. The van der Waals surface area contributed by atoms with Gasteiger partial charge in [-0.3, -0.25) is 4.79 Å². The summed E-state index contributed by atoms with van der Waals surface area (Å²) in [6, 6.07) is 19.6. The van der Waals surface area contributed by atoms with Crippen molar-refractivity contribution >= 4 is 17.4 Å². The normalized spacial score (nSPS) is 13.1. The number of carbonyl (C=O) groups excluding carboxylic acids is 1. The van der Waals surface area contributed by atoms with Gasteiger partial charge in [0.2, 0.25) is 0 Å². The second-order valence-corrected chi connectivity index (χ2v) is 7.43. The standard InChI is InChI=1S/C24H25N5O2/c1-2-3-15-26-21-13-14-22-27-16-20(29(22)28-21)17-9-11-19(12-10-17)24(31,23(25)30)18-7-5-4-6-8-18/h4-14,16,31H,2-3,15H2,1H3,(H2,25,30)(H,26,28). The van der Waals surface area contributed by atoms with Gasteiger partial charge >= 0.3 is 0 Å². The molecule has 1 atom stereocenters. The molecule has 2 aromatic heterocycles.